The number of hydrogen-bond acceptors (Lipinski definition) is 1. The summed E-state index contributed by atoms with van der Waals surface area (Å²) in [5, 5.41) is 8.45. The normalized spacial score (nSPS) is 10.6. The Morgan fingerprint density at radius 1 is 1.54 bits per heavy atom. The minimum Gasteiger partial charge on any atom is -0.478 e. The first kappa shape index (κ1) is 10.2. The first-order valence-electron chi connectivity index (χ1n) is 3.77. The Morgan fingerprint density at radius 2 is 2.23 bits per heavy atom. The molecule has 0 aliphatic carbocycles. The van der Waals surface area contributed by atoms with E-state index in [4.69, 9.17) is 5.11 Å². The van der Waals surface area contributed by atoms with Crippen LogP contribution in [0.5, 0.6) is 0 Å². The molecule has 1 N–H and O–H groups in total. The van der Waals surface area contributed by atoms with Crippen molar-refractivity contribution in [3.8, 4) is 0 Å². The Kier molecular flexibility index (Phi) is 3.48. The molecule has 68 valence electrons. The summed E-state index contributed by atoms with van der Waals surface area (Å²) >= 11 is 2.20. The number of carboxylic acid groups (broad SMARTS) is 1. The van der Waals surface area contributed by atoms with Gasteiger partial charge in [-0.2, -0.15) is 0 Å². The van der Waals surface area contributed by atoms with Gasteiger partial charge in [0.25, 0.3) is 0 Å². The van der Waals surface area contributed by atoms with Crippen molar-refractivity contribution >= 4 is 34.6 Å². The topological polar surface area (TPSA) is 37.3 Å². The largest absolute Gasteiger partial charge is 0.478 e. The fraction of sp³-hybridized carbons (Fsp3) is 0.100. The van der Waals surface area contributed by atoms with Gasteiger partial charge in [-0.1, -0.05) is 6.07 Å². The van der Waals surface area contributed by atoms with E-state index in [9.17, 15) is 4.79 Å². The predicted molar refractivity (Wildman–Crippen MR) is 60.6 cm³/mol. The summed E-state index contributed by atoms with van der Waals surface area (Å²) < 4.78 is 1.10. The van der Waals surface area contributed by atoms with Gasteiger partial charge in [-0.25, -0.2) is 4.79 Å². The summed E-state index contributed by atoms with van der Waals surface area (Å²) in [6.45, 7) is 1.96. The molecule has 0 saturated heterocycles. The number of halogens is 1. The van der Waals surface area contributed by atoms with E-state index in [1.807, 2.05) is 25.1 Å². The van der Waals surface area contributed by atoms with Crippen molar-refractivity contribution in [2.24, 2.45) is 0 Å². The van der Waals surface area contributed by atoms with E-state index in [1.54, 1.807) is 6.08 Å². The molecule has 0 fully saturated rings. The first-order chi connectivity index (χ1) is 6.09. The molecule has 1 aromatic rings. The quantitative estimate of drug-likeness (QED) is 0.671. The van der Waals surface area contributed by atoms with E-state index in [0.29, 0.717) is 0 Å². The minimum absolute atomic E-state index is 0.918. The van der Waals surface area contributed by atoms with Crippen LogP contribution in [0.25, 0.3) is 6.08 Å². The molecule has 0 bridgehead atoms. The van der Waals surface area contributed by atoms with Crippen molar-refractivity contribution in [1.82, 2.24) is 0 Å². The number of aliphatic carboxylic acids is 1. The van der Waals surface area contributed by atoms with E-state index in [0.717, 1.165) is 20.8 Å². The fourth-order valence-corrected chi connectivity index (χ4v) is 1.47. The van der Waals surface area contributed by atoms with E-state index >= 15 is 0 Å². The summed E-state index contributed by atoms with van der Waals surface area (Å²) in [5.74, 6) is -0.918. The van der Waals surface area contributed by atoms with Crippen molar-refractivity contribution in [3.05, 3.63) is 39.0 Å². The Bertz CT molecular complexity index is 356. The van der Waals surface area contributed by atoms with Gasteiger partial charge in [-0.05, 0) is 58.9 Å². The summed E-state index contributed by atoms with van der Waals surface area (Å²) in [6.07, 6.45) is 2.76. The molecule has 0 amide bonds. The van der Waals surface area contributed by atoms with Crippen LogP contribution in [0.15, 0.2) is 24.3 Å². The summed E-state index contributed by atoms with van der Waals surface area (Å²) in [4.78, 5) is 10.3. The molecule has 0 aliphatic rings. The number of benzene rings is 1. The lowest BCUT2D eigenvalue weighted by atomic mass is 10.1. The highest BCUT2D eigenvalue weighted by atomic mass is 127. The van der Waals surface area contributed by atoms with Crippen LogP contribution in [0, 0.1) is 10.5 Å². The van der Waals surface area contributed by atoms with Crippen molar-refractivity contribution in [2.75, 3.05) is 0 Å². The number of carboxylic acids is 1. The zero-order valence-electron chi connectivity index (χ0n) is 7.12. The Balaban J connectivity index is 3.00. The third kappa shape index (κ3) is 3.18. The van der Waals surface area contributed by atoms with Crippen LogP contribution >= 0.6 is 22.6 Å². The molecule has 0 saturated carbocycles. The molecule has 0 aromatic heterocycles. The van der Waals surface area contributed by atoms with E-state index in [2.05, 4.69) is 22.6 Å². The van der Waals surface area contributed by atoms with Crippen molar-refractivity contribution in [2.45, 2.75) is 6.92 Å². The van der Waals surface area contributed by atoms with E-state index in [1.165, 1.54) is 0 Å². The summed E-state index contributed by atoms with van der Waals surface area (Å²) in [5.41, 5.74) is 2.03. The monoisotopic (exact) mass is 288 g/mol. The maximum absolute atomic E-state index is 10.3. The zero-order valence-corrected chi connectivity index (χ0v) is 9.28. The fourth-order valence-electron chi connectivity index (χ4n) is 0.952. The van der Waals surface area contributed by atoms with Gasteiger partial charge < -0.3 is 5.11 Å². The van der Waals surface area contributed by atoms with Gasteiger partial charge in [0.2, 0.25) is 0 Å². The molecule has 0 atom stereocenters. The Morgan fingerprint density at radius 3 is 2.85 bits per heavy atom. The minimum atomic E-state index is -0.918. The van der Waals surface area contributed by atoms with Crippen molar-refractivity contribution in [1.29, 1.82) is 0 Å². The van der Waals surface area contributed by atoms with Gasteiger partial charge in [-0.15, -0.1) is 0 Å². The number of aryl methyl sites for hydroxylation is 1. The second-order valence-corrected chi connectivity index (χ2v) is 3.92. The summed E-state index contributed by atoms with van der Waals surface area (Å²) in [6, 6.07) is 5.92. The average Bonchev–Trinajstić information content (AvgIpc) is 2.06. The SMILES string of the molecule is Cc1ccc(I)cc1/C=C/C(=O)O. The van der Waals surface area contributed by atoms with Gasteiger partial charge in [0.15, 0.2) is 0 Å². The summed E-state index contributed by atoms with van der Waals surface area (Å²) in [7, 11) is 0. The number of hydrogen-bond donors (Lipinski definition) is 1. The molecule has 13 heavy (non-hydrogen) atoms. The van der Waals surface area contributed by atoms with Crippen LogP contribution in [0.2, 0.25) is 0 Å². The van der Waals surface area contributed by atoms with Gasteiger partial charge in [0.05, 0.1) is 0 Å². The maximum Gasteiger partial charge on any atom is 0.328 e. The van der Waals surface area contributed by atoms with Crippen LogP contribution in [-0.4, -0.2) is 11.1 Å². The lowest BCUT2D eigenvalue weighted by Crippen LogP contribution is -1.87. The van der Waals surface area contributed by atoms with E-state index in [-0.39, 0.29) is 0 Å². The third-order valence-electron chi connectivity index (χ3n) is 1.65. The van der Waals surface area contributed by atoms with Crippen LogP contribution in [0.1, 0.15) is 11.1 Å². The molecule has 3 heteroatoms. The highest BCUT2D eigenvalue weighted by Gasteiger charge is 1.95. The first-order valence-corrected chi connectivity index (χ1v) is 4.84. The highest BCUT2D eigenvalue weighted by molar-refractivity contribution is 14.1. The van der Waals surface area contributed by atoms with Crippen molar-refractivity contribution < 1.29 is 9.90 Å². The average molecular weight is 288 g/mol. The third-order valence-corrected chi connectivity index (χ3v) is 2.32. The Hall–Kier alpha value is -0.840. The number of rotatable bonds is 2. The van der Waals surface area contributed by atoms with Crippen molar-refractivity contribution in [3.63, 3.8) is 0 Å². The van der Waals surface area contributed by atoms with Crippen LogP contribution in [-0.2, 0) is 4.79 Å². The number of carbonyl (C=O) groups is 1. The molecule has 0 radical (unpaired) electrons. The standard InChI is InChI=1S/C10H9IO2/c1-7-2-4-9(11)6-8(7)3-5-10(12)13/h2-6H,1H3,(H,12,13)/b5-3+. The molecule has 1 aromatic carbocycles. The maximum atomic E-state index is 10.3. The molecule has 1 rings (SSSR count). The zero-order chi connectivity index (χ0) is 9.84. The Labute approximate surface area is 90.4 Å². The predicted octanol–water partition coefficient (Wildman–Crippen LogP) is 2.70. The molecule has 0 spiro atoms. The van der Waals surface area contributed by atoms with Crippen LogP contribution in [0.3, 0.4) is 0 Å². The lowest BCUT2D eigenvalue weighted by molar-refractivity contribution is -0.131. The molecule has 0 heterocycles. The molecule has 2 nitrogen and oxygen atoms in total. The van der Waals surface area contributed by atoms with E-state index < -0.39 is 5.97 Å². The molecular weight excluding hydrogens is 279 g/mol. The second kappa shape index (κ2) is 4.41. The van der Waals surface area contributed by atoms with Gasteiger partial charge in [-0.3, -0.25) is 0 Å². The van der Waals surface area contributed by atoms with Gasteiger partial charge in [0.1, 0.15) is 0 Å². The molecular formula is C10H9IO2. The van der Waals surface area contributed by atoms with Gasteiger partial charge >= 0.3 is 5.97 Å². The smallest absolute Gasteiger partial charge is 0.328 e. The van der Waals surface area contributed by atoms with Gasteiger partial charge in [0, 0.05) is 9.65 Å². The highest BCUT2D eigenvalue weighted by Crippen LogP contribution is 2.14. The molecule has 0 unspecified atom stereocenters. The molecule has 0 aliphatic heterocycles. The second-order valence-electron chi connectivity index (χ2n) is 2.67. The van der Waals surface area contributed by atoms with Crippen LogP contribution in [0.4, 0.5) is 0 Å². The van der Waals surface area contributed by atoms with Crippen LogP contribution < -0.4 is 0 Å². The lowest BCUT2D eigenvalue weighted by Gasteiger charge is -1.99.